The molecule has 0 bridgehead atoms. The molecule has 1 heterocycles. The molecule has 1 saturated carbocycles. The van der Waals surface area contributed by atoms with Crippen LogP contribution in [-0.2, 0) is 9.53 Å². The highest BCUT2D eigenvalue weighted by Crippen LogP contribution is 2.45. The molecule has 4 heteroatoms. The Morgan fingerprint density at radius 2 is 1.89 bits per heavy atom. The van der Waals surface area contributed by atoms with Crippen LogP contribution in [0.2, 0.25) is 0 Å². The Morgan fingerprint density at radius 1 is 1.28 bits per heavy atom. The first-order valence-corrected chi connectivity index (χ1v) is 7.15. The molecular formula is C14H26N2O2. The molecule has 1 saturated heterocycles. The van der Waals surface area contributed by atoms with Gasteiger partial charge in [-0.1, -0.05) is 0 Å². The number of piperazine rings is 1. The van der Waals surface area contributed by atoms with Gasteiger partial charge in [0.1, 0.15) is 0 Å². The number of rotatable bonds is 5. The number of hydrogen-bond donors (Lipinski definition) is 0. The minimum absolute atomic E-state index is 0.0213. The van der Waals surface area contributed by atoms with Crippen LogP contribution in [0.15, 0.2) is 0 Å². The fourth-order valence-corrected chi connectivity index (χ4v) is 3.04. The van der Waals surface area contributed by atoms with E-state index >= 15 is 0 Å². The zero-order valence-electron chi connectivity index (χ0n) is 11.9. The second-order valence-corrected chi connectivity index (χ2v) is 5.90. The van der Waals surface area contributed by atoms with Gasteiger partial charge in [0.05, 0.1) is 13.0 Å². The van der Waals surface area contributed by atoms with Crippen LogP contribution in [0.5, 0.6) is 0 Å². The van der Waals surface area contributed by atoms with Gasteiger partial charge in [0.2, 0.25) is 0 Å². The fraction of sp³-hybridized carbons (Fsp3) is 0.929. The van der Waals surface area contributed by atoms with E-state index < -0.39 is 0 Å². The molecule has 2 rings (SSSR count). The van der Waals surface area contributed by atoms with Gasteiger partial charge < -0.3 is 9.64 Å². The van der Waals surface area contributed by atoms with Crippen molar-refractivity contribution >= 4 is 5.97 Å². The monoisotopic (exact) mass is 254 g/mol. The van der Waals surface area contributed by atoms with Crippen LogP contribution in [0.25, 0.3) is 0 Å². The standard InChI is InChI=1S/C14H26N2O2/c1-4-18-13(17)11-14(2,12-5-6-12)16-9-7-15(3)8-10-16/h12H,4-11H2,1-3H3. The summed E-state index contributed by atoms with van der Waals surface area (Å²) in [4.78, 5) is 16.7. The van der Waals surface area contributed by atoms with E-state index in [2.05, 4.69) is 23.8 Å². The SMILES string of the molecule is CCOC(=O)CC(C)(C1CC1)N1CCN(C)CC1. The lowest BCUT2D eigenvalue weighted by molar-refractivity contribution is -0.147. The van der Waals surface area contributed by atoms with Crippen LogP contribution in [0, 0.1) is 5.92 Å². The predicted octanol–water partition coefficient (Wildman–Crippen LogP) is 1.36. The van der Waals surface area contributed by atoms with Crippen LogP contribution < -0.4 is 0 Å². The van der Waals surface area contributed by atoms with Crippen molar-refractivity contribution in [3.63, 3.8) is 0 Å². The maximum atomic E-state index is 11.8. The summed E-state index contributed by atoms with van der Waals surface area (Å²) in [5.74, 6) is 0.649. The number of carbonyl (C=O) groups excluding carboxylic acids is 1. The molecule has 4 nitrogen and oxygen atoms in total. The van der Waals surface area contributed by atoms with Gasteiger partial charge in [0, 0.05) is 31.7 Å². The van der Waals surface area contributed by atoms with E-state index in [0.717, 1.165) is 26.2 Å². The van der Waals surface area contributed by atoms with E-state index in [-0.39, 0.29) is 11.5 Å². The highest BCUT2D eigenvalue weighted by molar-refractivity contribution is 5.71. The Kier molecular flexibility index (Phi) is 4.28. The van der Waals surface area contributed by atoms with Crippen LogP contribution in [0.4, 0.5) is 0 Å². The molecule has 0 aromatic carbocycles. The van der Waals surface area contributed by atoms with Crippen molar-refractivity contribution in [2.75, 3.05) is 39.8 Å². The Bertz CT molecular complexity index is 296. The quantitative estimate of drug-likeness (QED) is 0.694. The van der Waals surface area contributed by atoms with E-state index in [0.29, 0.717) is 18.9 Å². The molecule has 0 radical (unpaired) electrons. The van der Waals surface area contributed by atoms with Gasteiger partial charge in [0.25, 0.3) is 0 Å². The number of likely N-dealkylation sites (N-methyl/N-ethyl adjacent to an activating group) is 1. The maximum absolute atomic E-state index is 11.8. The summed E-state index contributed by atoms with van der Waals surface area (Å²) in [6.07, 6.45) is 3.08. The Balaban J connectivity index is 1.99. The largest absolute Gasteiger partial charge is 0.466 e. The summed E-state index contributed by atoms with van der Waals surface area (Å²) in [6.45, 7) is 8.97. The minimum Gasteiger partial charge on any atom is -0.466 e. The molecule has 1 aliphatic heterocycles. The van der Waals surface area contributed by atoms with Crippen LogP contribution >= 0.6 is 0 Å². The first kappa shape index (κ1) is 13.8. The van der Waals surface area contributed by atoms with Crippen molar-refractivity contribution in [3.8, 4) is 0 Å². The topological polar surface area (TPSA) is 32.8 Å². The average Bonchev–Trinajstić information content (AvgIpc) is 3.13. The van der Waals surface area contributed by atoms with Gasteiger partial charge in [-0.2, -0.15) is 0 Å². The Morgan fingerprint density at radius 3 is 2.39 bits per heavy atom. The number of carbonyl (C=O) groups is 1. The van der Waals surface area contributed by atoms with E-state index in [1.807, 2.05) is 6.92 Å². The number of nitrogens with zero attached hydrogens (tertiary/aromatic N) is 2. The normalized spacial score (nSPS) is 25.7. The molecule has 2 aliphatic rings. The molecule has 0 amide bonds. The predicted molar refractivity (Wildman–Crippen MR) is 71.4 cm³/mol. The molecule has 1 atom stereocenters. The van der Waals surface area contributed by atoms with E-state index in [4.69, 9.17) is 4.74 Å². The lowest BCUT2D eigenvalue weighted by Gasteiger charge is -2.45. The van der Waals surface area contributed by atoms with E-state index in [1.54, 1.807) is 0 Å². The maximum Gasteiger partial charge on any atom is 0.307 e. The molecule has 1 aliphatic carbocycles. The van der Waals surface area contributed by atoms with Crippen LogP contribution in [0.3, 0.4) is 0 Å². The Hall–Kier alpha value is -0.610. The van der Waals surface area contributed by atoms with Crippen LogP contribution in [0.1, 0.15) is 33.1 Å². The van der Waals surface area contributed by atoms with Gasteiger partial charge >= 0.3 is 5.97 Å². The summed E-state index contributed by atoms with van der Waals surface area (Å²) < 4.78 is 5.15. The van der Waals surface area contributed by atoms with E-state index in [9.17, 15) is 4.79 Å². The zero-order chi connectivity index (χ0) is 13.2. The van der Waals surface area contributed by atoms with Crippen molar-refractivity contribution in [2.24, 2.45) is 5.92 Å². The summed E-state index contributed by atoms with van der Waals surface area (Å²) in [5.41, 5.74) is 0.0213. The second-order valence-electron chi connectivity index (χ2n) is 5.90. The third kappa shape index (κ3) is 3.04. The number of ether oxygens (including phenoxy) is 1. The van der Waals surface area contributed by atoms with Gasteiger partial charge in [0.15, 0.2) is 0 Å². The summed E-state index contributed by atoms with van der Waals surface area (Å²) in [5, 5.41) is 0. The molecule has 0 aromatic rings. The molecule has 2 fully saturated rings. The summed E-state index contributed by atoms with van der Waals surface area (Å²) in [6, 6.07) is 0. The molecule has 18 heavy (non-hydrogen) atoms. The lowest BCUT2D eigenvalue weighted by atomic mass is 9.88. The van der Waals surface area contributed by atoms with E-state index in [1.165, 1.54) is 12.8 Å². The molecule has 0 aromatic heterocycles. The third-order valence-electron chi connectivity index (χ3n) is 4.49. The zero-order valence-corrected chi connectivity index (χ0v) is 11.9. The summed E-state index contributed by atoms with van der Waals surface area (Å²) >= 11 is 0. The summed E-state index contributed by atoms with van der Waals surface area (Å²) in [7, 11) is 2.16. The lowest BCUT2D eigenvalue weighted by Crippen LogP contribution is -2.57. The smallest absolute Gasteiger partial charge is 0.307 e. The van der Waals surface area contributed by atoms with Crippen LogP contribution in [-0.4, -0.2) is 61.1 Å². The third-order valence-corrected chi connectivity index (χ3v) is 4.49. The highest BCUT2D eigenvalue weighted by atomic mass is 16.5. The van der Waals surface area contributed by atoms with Crippen molar-refractivity contribution in [1.82, 2.24) is 9.80 Å². The van der Waals surface area contributed by atoms with Gasteiger partial charge in [-0.15, -0.1) is 0 Å². The fourth-order valence-electron chi connectivity index (χ4n) is 3.04. The van der Waals surface area contributed by atoms with Gasteiger partial charge in [-0.3, -0.25) is 9.69 Å². The first-order chi connectivity index (χ1) is 8.56. The Labute approximate surface area is 110 Å². The van der Waals surface area contributed by atoms with Crippen molar-refractivity contribution in [2.45, 2.75) is 38.6 Å². The number of hydrogen-bond acceptors (Lipinski definition) is 4. The molecule has 0 spiro atoms. The van der Waals surface area contributed by atoms with Gasteiger partial charge in [-0.25, -0.2) is 0 Å². The molecular weight excluding hydrogens is 228 g/mol. The van der Waals surface area contributed by atoms with Crippen molar-refractivity contribution in [1.29, 1.82) is 0 Å². The van der Waals surface area contributed by atoms with Crippen molar-refractivity contribution in [3.05, 3.63) is 0 Å². The van der Waals surface area contributed by atoms with Gasteiger partial charge in [-0.05, 0) is 39.7 Å². The minimum atomic E-state index is -0.0363. The highest BCUT2D eigenvalue weighted by Gasteiger charge is 2.47. The molecule has 1 unspecified atom stereocenters. The van der Waals surface area contributed by atoms with Crippen molar-refractivity contribution < 1.29 is 9.53 Å². The number of esters is 1. The first-order valence-electron chi connectivity index (χ1n) is 7.15. The second kappa shape index (κ2) is 5.57. The molecule has 104 valence electrons. The molecule has 0 N–H and O–H groups in total. The average molecular weight is 254 g/mol.